The Morgan fingerprint density at radius 3 is 2.58 bits per heavy atom. The zero-order valence-corrected chi connectivity index (χ0v) is 13.6. The van der Waals surface area contributed by atoms with Gasteiger partial charge in [0.1, 0.15) is 30.2 Å². The third-order valence-electron chi connectivity index (χ3n) is 4.42. The van der Waals surface area contributed by atoms with Crippen molar-refractivity contribution in [2.75, 3.05) is 6.61 Å². The van der Waals surface area contributed by atoms with Gasteiger partial charge in [0, 0.05) is 24.5 Å². The van der Waals surface area contributed by atoms with Crippen molar-refractivity contribution in [3.8, 4) is 0 Å². The number of aromatic nitrogens is 5. The number of nitrogens with zero attached hydrogens (tertiary/aromatic N) is 5. The van der Waals surface area contributed by atoms with Crippen LogP contribution in [-0.2, 0) is 11.3 Å². The highest BCUT2D eigenvalue weighted by molar-refractivity contribution is 5.73. The lowest BCUT2D eigenvalue weighted by atomic mass is 10.1. The van der Waals surface area contributed by atoms with E-state index >= 15 is 0 Å². The fourth-order valence-corrected chi connectivity index (χ4v) is 3.03. The molecule has 10 nitrogen and oxygen atoms in total. The van der Waals surface area contributed by atoms with E-state index in [2.05, 4.69) is 15.0 Å². The Morgan fingerprint density at radius 2 is 1.88 bits per heavy atom. The van der Waals surface area contributed by atoms with Gasteiger partial charge in [-0.2, -0.15) is 0 Å². The summed E-state index contributed by atoms with van der Waals surface area (Å²) in [6.45, 7) is -0.0276. The zero-order chi connectivity index (χ0) is 18.3. The van der Waals surface area contributed by atoms with Crippen LogP contribution in [-0.4, -0.2) is 64.3 Å². The predicted molar refractivity (Wildman–Crippen MR) is 88.1 cm³/mol. The Labute approximate surface area is 147 Å². The quantitative estimate of drug-likeness (QED) is 0.520. The molecular formula is C16H17N5O5. The Hall–Kier alpha value is -2.66. The maximum absolute atomic E-state index is 11.2. The molecule has 0 unspecified atom stereocenters. The van der Waals surface area contributed by atoms with Crippen molar-refractivity contribution in [3.05, 3.63) is 53.1 Å². The molecule has 1 aliphatic heterocycles. The SMILES string of the molecule is O=c1ccn(Cc2ncnc3c2ncn3[C@@H]2O[C@H](CO)[C@@H](O)[C@H]2O)cc1. The fourth-order valence-electron chi connectivity index (χ4n) is 3.03. The van der Waals surface area contributed by atoms with Gasteiger partial charge in [0.25, 0.3) is 0 Å². The van der Waals surface area contributed by atoms with Crippen molar-refractivity contribution in [2.45, 2.75) is 31.1 Å². The maximum Gasteiger partial charge on any atom is 0.181 e. The van der Waals surface area contributed by atoms with Crippen molar-refractivity contribution in [1.29, 1.82) is 0 Å². The number of fused-ring (bicyclic) bond motifs is 1. The standard InChI is InChI=1S/C16H17N5O5/c22-6-11-13(24)14(25)16(26-11)21-8-19-12-10(17-7-18-15(12)21)5-20-3-1-9(23)2-4-20/h1-4,7-8,11,13-14,16,22,24-25H,5-6H2/t11-,13-,14-,16-/m1/s1. The number of imidazole rings is 1. The molecule has 0 bridgehead atoms. The fraction of sp³-hybridized carbons (Fsp3) is 0.375. The molecule has 0 amide bonds. The second-order valence-electron chi connectivity index (χ2n) is 6.08. The van der Waals surface area contributed by atoms with Gasteiger partial charge in [0.05, 0.1) is 25.2 Å². The molecule has 0 saturated carbocycles. The highest BCUT2D eigenvalue weighted by atomic mass is 16.6. The van der Waals surface area contributed by atoms with Gasteiger partial charge in [-0.25, -0.2) is 15.0 Å². The van der Waals surface area contributed by atoms with E-state index in [0.717, 1.165) is 0 Å². The van der Waals surface area contributed by atoms with Crippen LogP contribution in [0.25, 0.3) is 11.2 Å². The highest BCUT2D eigenvalue weighted by Crippen LogP contribution is 2.31. The van der Waals surface area contributed by atoms with Gasteiger partial charge in [-0.05, 0) is 0 Å². The number of aliphatic hydroxyl groups excluding tert-OH is 3. The monoisotopic (exact) mass is 359 g/mol. The number of hydrogen-bond acceptors (Lipinski definition) is 8. The van der Waals surface area contributed by atoms with Crippen molar-refractivity contribution in [2.24, 2.45) is 0 Å². The van der Waals surface area contributed by atoms with Crippen molar-refractivity contribution < 1.29 is 20.1 Å². The molecule has 1 aliphatic rings. The summed E-state index contributed by atoms with van der Waals surface area (Å²) in [5, 5.41) is 29.4. The Bertz CT molecular complexity index is 966. The minimum absolute atomic E-state index is 0.0808. The van der Waals surface area contributed by atoms with Crippen LogP contribution in [0.15, 0.2) is 42.0 Å². The molecule has 10 heteroatoms. The summed E-state index contributed by atoms with van der Waals surface area (Å²) in [5.74, 6) is 0. The van der Waals surface area contributed by atoms with E-state index in [9.17, 15) is 20.1 Å². The minimum atomic E-state index is -1.22. The second kappa shape index (κ2) is 6.57. The van der Waals surface area contributed by atoms with Crippen molar-refractivity contribution >= 4 is 11.2 Å². The molecule has 3 aromatic rings. The highest BCUT2D eigenvalue weighted by Gasteiger charge is 2.43. The van der Waals surface area contributed by atoms with Gasteiger partial charge in [-0.3, -0.25) is 9.36 Å². The van der Waals surface area contributed by atoms with Crippen LogP contribution >= 0.6 is 0 Å². The molecule has 4 rings (SSSR count). The van der Waals surface area contributed by atoms with Gasteiger partial charge in [-0.1, -0.05) is 0 Å². The number of rotatable bonds is 4. The maximum atomic E-state index is 11.2. The normalized spacial score (nSPS) is 25.8. The first-order valence-corrected chi connectivity index (χ1v) is 8.03. The lowest BCUT2D eigenvalue weighted by molar-refractivity contribution is -0.0511. The summed E-state index contributed by atoms with van der Waals surface area (Å²) in [6.07, 6.45) is 1.91. The lowest BCUT2D eigenvalue weighted by Gasteiger charge is -2.16. The lowest BCUT2D eigenvalue weighted by Crippen LogP contribution is -2.33. The van der Waals surface area contributed by atoms with Gasteiger partial charge < -0.3 is 24.6 Å². The first-order valence-electron chi connectivity index (χ1n) is 8.03. The van der Waals surface area contributed by atoms with E-state index in [1.165, 1.54) is 29.4 Å². The molecule has 0 spiro atoms. The van der Waals surface area contributed by atoms with Crippen LogP contribution in [0, 0.1) is 0 Å². The molecule has 0 aliphatic carbocycles. The summed E-state index contributed by atoms with van der Waals surface area (Å²) in [4.78, 5) is 24.0. The molecule has 26 heavy (non-hydrogen) atoms. The van der Waals surface area contributed by atoms with Gasteiger partial charge in [0.15, 0.2) is 17.3 Å². The van der Waals surface area contributed by atoms with E-state index in [4.69, 9.17) is 4.74 Å². The number of pyridine rings is 1. The minimum Gasteiger partial charge on any atom is -0.394 e. The molecular weight excluding hydrogens is 342 g/mol. The summed E-state index contributed by atoms with van der Waals surface area (Å²) in [7, 11) is 0. The van der Waals surface area contributed by atoms with Crippen LogP contribution in [0.5, 0.6) is 0 Å². The van der Waals surface area contributed by atoms with Gasteiger partial charge in [-0.15, -0.1) is 0 Å². The van der Waals surface area contributed by atoms with Gasteiger partial charge >= 0.3 is 0 Å². The number of aliphatic hydroxyl groups is 3. The molecule has 136 valence electrons. The van der Waals surface area contributed by atoms with E-state index in [1.807, 2.05) is 0 Å². The third kappa shape index (κ3) is 2.78. The molecule has 1 fully saturated rings. The topological polar surface area (TPSA) is 136 Å². The van der Waals surface area contributed by atoms with Crippen LogP contribution in [0.3, 0.4) is 0 Å². The summed E-state index contributed by atoms with van der Waals surface area (Å²) in [5.41, 5.74) is 1.50. The molecule has 3 N–H and O–H groups in total. The summed E-state index contributed by atoms with van der Waals surface area (Å²) in [6, 6.07) is 2.91. The van der Waals surface area contributed by atoms with Crippen LogP contribution in [0.2, 0.25) is 0 Å². The first kappa shape index (κ1) is 16.8. The summed E-state index contributed by atoms with van der Waals surface area (Å²) < 4.78 is 8.83. The average Bonchev–Trinajstić information content (AvgIpc) is 3.19. The van der Waals surface area contributed by atoms with E-state index in [-0.39, 0.29) is 5.43 Å². The van der Waals surface area contributed by atoms with Crippen LogP contribution in [0.4, 0.5) is 0 Å². The van der Waals surface area contributed by atoms with Crippen LogP contribution < -0.4 is 5.43 Å². The Kier molecular flexibility index (Phi) is 4.24. The van der Waals surface area contributed by atoms with E-state index in [1.54, 1.807) is 17.0 Å². The average molecular weight is 359 g/mol. The molecule has 4 atom stereocenters. The second-order valence-corrected chi connectivity index (χ2v) is 6.08. The Balaban J connectivity index is 1.69. The number of ether oxygens (including phenoxy) is 1. The summed E-state index contributed by atoms with van der Waals surface area (Å²) >= 11 is 0. The molecule has 3 aromatic heterocycles. The predicted octanol–water partition coefficient (Wildman–Crippen LogP) is -1.35. The van der Waals surface area contributed by atoms with Crippen LogP contribution in [0.1, 0.15) is 11.9 Å². The smallest absolute Gasteiger partial charge is 0.181 e. The number of hydrogen-bond donors (Lipinski definition) is 3. The zero-order valence-electron chi connectivity index (χ0n) is 13.6. The van der Waals surface area contributed by atoms with Crippen molar-refractivity contribution in [1.82, 2.24) is 24.1 Å². The molecule has 0 aromatic carbocycles. The van der Waals surface area contributed by atoms with E-state index < -0.39 is 31.1 Å². The largest absolute Gasteiger partial charge is 0.394 e. The third-order valence-corrected chi connectivity index (χ3v) is 4.42. The molecule has 0 radical (unpaired) electrons. The Morgan fingerprint density at radius 1 is 1.12 bits per heavy atom. The van der Waals surface area contributed by atoms with Gasteiger partial charge in [0.2, 0.25) is 0 Å². The van der Waals surface area contributed by atoms with E-state index in [0.29, 0.717) is 23.4 Å². The van der Waals surface area contributed by atoms with Crippen molar-refractivity contribution in [3.63, 3.8) is 0 Å². The molecule has 4 heterocycles. The first-order chi connectivity index (χ1) is 12.6. The molecule has 1 saturated heterocycles.